The lowest BCUT2D eigenvalue weighted by Gasteiger charge is -2.17. The summed E-state index contributed by atoms with van der Waals surface area (Å²) >= 11 is 0. The molecule has 1 atom stereocenters. The zero-order valence-electron chi connectivity index (χ0n) is 16.2. The average molecular weight is 405 g/mol. The van der Waals surface area contributed by atoms with E-state index in [2.05, 4.69) is 5.32 Å². The maximum absolute atomic E-state index is 12.2. The van der Waals surface area contributed by atoms with Gasteiger partial charge in [-0.3, -0.25) is 4.79 Å². The molecule has 0 aliphatic heterocycles. The highest BCUT2D eigenvalue weighted by molar-refractivity contribution is 5.85. The Bertz CT molecular complexity index is 749. The number of ether oxygens (including phenoxy) is 2. The van der Waals surface area contributed by atoms with Crippen molar-refractivity contribution in [1.29, 1.82) is 0 Å². The lowest BCUT2D eigenvalue weighted by atomic mass is 10.0. The van der Waals surface area contributed by atoms with Gasteiger partial charge in [-0.1, -0.05) is 36.4 Å². The van der Waals surface area contributed by atoms with Crippen LogP contribution in [-0.2, 0) is 11.3 Å². The molecule has 0 heterocycles. The third-order valence-electron chi connectivity index (χ3n) is 4.95. The van der Waals surface area contributed by atoms with E-state index in [1.54, 1.807) is 7.11 Å². The number of methoxy groups -OCH3 is 1. The van der Waals surface area contributed by atoms with Gasteiger partial charge < -0.3 is 20.5 Å². The number of rotatable bonds is 8. The highest BCUT2D eigenvalue weighted by Crippen LogP contribution is 2.32. The molecule has 0 aromatic heterocycles. The van der Waals surface area contributed by atoms with Gasteiger partial charge in [-0.15, -0.1) is 12.4 Å². The van der Waals surface area contributed by atoms with Crippen LogP contribution in [-0.4, -0.2) is 19.1 Å². The number of hydrogen-bond donors (Lipinski definition) is 2. The maximum Gasteiger partial charge on any atom is 0.222 e. The zero-order valence-corrected chi connectivity index (χ0v) is 17.0. The second-order valence-corrected chi connectivity index (χ2v) is 7.01. The summed E-state index contributed by atoms with van der Waals surface area (Å²) in [4.78, 5) is 12.2. The summed E-state index contributed by atoms with van der Waals surface area (Å²) in [6.07, 6.45) is 5.11. The van der Waals surface area contributed by atoms with Crippen LogP contribution in [0.1, 0.15) is 49.3 Å². The fourth-order valence-electron chi connectivity index (χ4n) is 3.40. The SMILES string of the molecule is COc1ccc(CNC(=O)CC(N)c2ccccc2)cc1OC1CCCC1.Cl. The van der Waals surface area contributed by atoms with Crippen LogP contribution >= 0.6 is 12.4 Å². The molecular weight excluding hydrogens is 376 g/mol. The van der Waals surface area contributed by atoms with Crippen LogP contribution in [0.4, 0.5) is 0 Å². The summed E-state index contributed by atoms with van der Waals surface area (Å²) in [7, 11) is 1.64. The van der Waals surface area contributed by atoms with E-state index < -0.39 is 0 Å². The van der Waals surface area contributed by atoms with Crippen molar-refractivity contribution in [2.24, 2.45) is 5.73 Å². The largest absolute Gasteiger partial charge is 0.493 e. The molecule has 1 aliphatic carbocycles. The van der Waals surface area contributed by atoms with Crippen LogP contribution in [0.25, 0.3) is 0 Å². The first-order valence-electron chi connectivity index (χ1n) is 9.56. The smallest absolute Gasteiger partial charge is 0.222 e. The van der Waals surface area contributed by atoms with E-state index in [4.69, 9.17) is 15.2 Å². The van der Waals surface area contributed by atoms with Crippen molar-refractivity contribution in [2.75, 3.05) is 7.11 Å². The van der Waals surface area contributed by atoms with Crippen molar-refractivity contribution in [3.63, 3.8) is 0 Å². The summed E-state index contributed by atoms with van der Waals surface area (Å²) in [6.45, 7) is 0.436. The van der Waals surface area contributed by atoms with E-state index in [0.717, 1.165) is 35.5 Å². The fourth-order valence-corrected chi connectivity index (χ4v) is 3.40. The average Bonchev–Trinajstić information content (AvgIpc) is 3.20. The van der Waals surface area contributed by atoms with Crippen molar-refractivity contribution in [2.45, 2.75) is 50.8 Å². The molecule has 0 saturated heterocycles. The molecular formula is C22H29ClN2O3. The summed E-state index contributed by atoms with van der Waals surface area (Å²) in [5.41, 5.74) is 8.06. The molecule has 2 aromatic carbocycles. The number of carbonyl (C=O) groups is 1. The number of halogens is 1. The molecule has 1 fully saturated rings. The third-order valence-corrected chi connectivity index (χ3v) is 4.95. The quantitative estimate of drug-likeness (QED) is 0.693. The first kappa shape index (κ1) is 22.1. The van der Waals surface area contributed by atoms with Gasteiger partial charge in [0, 0.05) is 19.0 Å². The maximum atomic E-state index is 12.2. The van der Waals surface area contributed by atoms with Crippen LogP contribution in [0.15, 0.2) is 48.5 Å². The summed E-state index contributed by atoms with van der Waals surface area (Å²) < 4.78 is 11.5. The van der Waals surface area contributed by atoms with Gasteiger partial charge in [-0.25, -0.2) is 0 Å². The number of amides is 1. The highest BCUT2D eigenvalue weighted by atomic mass is 35.5. The van der Waals surface area contributed by atoms with Crippen LogP contribution in [0.3, 0.4) is 0 Å². The Morgan fingerprint density at radius 2 is 1.86 bits per heavy atom. The van der Waals surface area contributed by atoms with E-state index >= 15 is 0 Å². The number of benzene rings is 2. The molecule has 0 bridgehead atoms. The number of nitrogens with one attached hydrogen (secondary N) is 1. The molecule has 0 radical (unpaired) electrons. The van der Waals surface area contributed by atoms with E-state index in [0.29, 0.717) is 6.54 Å². The van der Waals surface area contributed by atoms with Gasteiger partial charge in [0.15, 0.2) is 11.5 Å². The Morgan fingerprint density at radius 3 is 2.54 bits per heavy atom. The van der Waals surface area contributed by atoms with Gasteiger partial charge in [0.2, 0.25) is 5.91 Å². The molecule has 152 valence electrons. The van der Waals surface area contributed by atoms with Gasteiger partial charge in [0.05, 0.1) is 13.2 Å². The Kier molecular flexibility index (Phi) is 8.61. The van der Waals surface area contributed by atoms with E-state index in [-0.39, 0.29) is 36.9 Å². The molecule has 0 spiro atoms. The standard InChI is InChI=1S/C22H28N2O3.ClH/c1-26-20-12-11-16(13-21(20)27-18-9-5-6-10-18)15-24-22(25)14-19(23)17-7-3-2-4-8-17;/h2-4,7-8,11-13,18-19H,5-6,9-10,14-15,23H2,1H3,(H,24,25);1H. The first-order valence-corrected chi connectivity index (χ1v) is 9.56. The lowest BCUT2D eigenvalue weighted by Crippen LogP contribution is -2.27. The fraction of sp³-hybridized carbons (Fsp3) is 0.409. The number of hydrogen-bond acceptors (Lipinski definition) is 4. The predicted octanol–water partition coefficient (Wildman–Crippen LogP) is 4.14. The van der Waals surface area contributed by atoms with Gasteiger partial charge in [0.1, 0.15) is 0 Å². The van der Waals surface area contributed by atoms with Crippen molar-refractivity contribution in [3.05, 3.63) is 59.7 Å². The summed E-state index contributed by atoms with van der Waals surface area (Å²) in [5.74, 6) is 1.40. The Labute approximate surface area is 173 Å². The number of carbonyl (C=O) groups excluding carboxylic acids is 1. The van der Waals surface area contributed by atoms with Crippen LogP contribution < -0.4 is 20.5 Å². The molecule has 1 unspecified atom stereocenters. The van der Waals surface area contributed by atoms with E-state index in [1.165, 1.54) is 12.8 Å². The summed E-state index contributed by atoms with van der Waals surface area (Å²) in [6, 6.07) is 15.1. The molecule has 6 heteroatoms. The second-order valence-electron chi connectivity index (χ2n) is 7.01. The van der Waals surface area contributed by atoms with Crippen LogP contribution in [0.5, 0.6) is 11.5 Å². The number of nitrogens with two attached hydrogens (primary N) is 1. The van der Waals surface area contributed by atoms with Crippen LogP contribution in [0, 0.1) is 0 Å². The first-order chi connectivity index (χ1) is 13.2. The molecule has 5 nitrogen and oxygen atoms in total. The van der Waals surface area contributed by atoms with Crippen molar-refractivity contribution < 1.29 is 14.3 Å². The molecule has 2 aromatic rings. The minimum atomic E-state index is -0.302. The molecule has 1 amide bonds. The Hall–Kier alpha value is -2.24. The van der Waals surface area contributed by atoms with Crippen molar-refractivity contribution in [3.8, 4) is 11.5 Å². The minimum absolute atomic E-state index is 0. The molecule has 3 N–H and O–H groups in total. The highest BCUT2D eigenvalue weighted by Gasteiger charge is 2.19. The van der Waals surface area contributed by atoms with Crippen molar-refractivity contribution in [1.82, 2.24) is 5.32 Å². The third kappa shape index (κ3) is 6.14. The van der Waals surface area contributed by atoms with Crippen LogP contribution in [0.2, 0.25) is 0 Å². The van der Waals surface area contributed by atoms with E-state index in [9.17, 15) is 4.79 Å². The second kappa shape index (κ2) is 10.9. The molecule has 28 heavy (non-hydrogen) atoms. The molecule has 1 aliphatic rings. The van der Waals surface area contributed by atoms with Gasteiger partial charge >= 0.3 is 0 Å². The summed E-state index contributed by atoms with van der Waals surface area (Å²) in [5, 5.41) is 2.94. The minimum Gasteiger partial charge on any atom is -0.493 e. The normalized spacial score (nSPS) is 14.8. The van der Waals surface area contributed by atoms with Gasteiger partial charge in [0.25, 0.3) is 0 Å². The van der Waals surface area contributed by atoms with Crippen molar-refractivity contribution >= 4 is 18.3 Å². The van der Waals surface area contributed by atoms with E-state index in [1.807, 2.05) is 48.5 Å². The Morgan fingerprint density at radius 1 is 1.14 bits per heavy atom. The van der Waals surface area contributed by atoms with Gasteiger partial charge in [-0.2, -0.15) is 0 Å². The van der Waals surface area contributed by atoms with Gasteiger partial charge in [-0.05, 0) is 48.9 Å². The Balaban J connectivity index is 0.00000280. The molecule has 1 saturated carbocycles. The topological polar surface area (TPSA) is 73.6 Å². The lowest BCUT2D eigenvalue weighted by molar-refractivity contribution is -0.121. The molecule has 3 rings (SSSR count). The zero-order chi connectivity index (χ0) is 19.1. The predicted molar refractivity (Wildman–Crippen MR) is 113 cm³/mol. The monoisotopic (exact) mass is 404 g/mol.